The van der Waals surface area contributed by atoms with E-state index in [-0.39, 0.29) is 12.4 Å². The molecule has 27 heavy (non-hydrogen) atoms. The second kappa shape index (κ2) is 9.55. The lowest BCUT2D eigenvalue weighted by Crippen LogP contribution is -2.10. The van der Waals surface area contributed by atoms with E-state index in [1.54, 1.807) is 18.2 Å². The standard InChI is InChI=1S/C23H22O4/c1-25-17-22(24)21-13-12-20(26-15-18-8-4-2-5-9-18)14-23(21)27-16-19-10-6-3-7-11-19/h2-14H,15-17H2,1H3. The molecule has 0 saturated heterocycles. The van der Waals surface area contributed by atoms with Crippen LogP contribution in [0.3, 0.4) is 0 Å². The molecule has 0 unspecified atom stereocenters. The zero-order valence-electron chi connectivity index (χ0n) is 15.3. The third-order valence-corrected chi connectivity index (χ3v) is 4.01. The molecule has 0 spiro atoms. The van der Waals surface area contributed by atoms with Gasteiger partial charge in [-0.15, -0.1) is 0 Å². The molecule has 0 heterocycles. The van der Waals surface area contributed by atoms with Crippen molar-refractivity contribution in [3.8, 4) is 11.5 Å². The summed E-state index contributed by atoms with van der Waals surface area (Å²) in [6.07, 6.45) is 0. The second-order valence-electron chi connectivity index (χ2n) is 6.06. The molecule has 0 atom stereocenters. The summed E-state index contributed by atoms with van der Waals surface area (Å²) in [5.41, 5.74) is 2.59. The summed E-state index contributed by atoms with van der Waals surface area (Å²) in [5.74, 6) is 1.01. The number of methoxy groups -OCH3 is 1. The first-order chi connectivity index (χ1) is 13.3. The summed E-state index contributed by atoms with van der Waals surface area (Å²) in [7, 11) is 1.50. The summed E-state index contributed by atoms with van der Waals surface area (Å²) in [6, 6.07) is 25.0. The summed E-state index contributed by atoms with van der Waals surface area (Å²) >= 11 is 0. The first-order valence-corrected chi connectivity index (χ1v) is 8.76. The smallest absolute Gasteiger partial charge is 0.192 e. The van der Waals surface area contributed by atoms with Gasteiger partial charge in [-0.05, 0) is 23.3 Å². The van der Waals surface area contributed by atoms with Crippen LogP contribution in [0.1, 0.15) is 21.5 Å². The Morgan fingerprint density at radius 2 is 1.37 bits per heavy atom. The monoisotopic (exact) mass is 362 g/mol. The molecule has 0 aliphatic rings. The molecule has 3 aromatic rings. The van der Waals surface area contributed by atoms with E-state index in [1.165, 1.54) is 7.11 Å². The van der Waals surface area contributed by atoms with E-state index < -0.39 is 0 Å². The predicted molar refractivity (Wildman–Crippen MR) is 104 cm³/mol. The number of benzene rings is 3. The first-order valence-electron chi connectivity index (χ1n) is 8.76. The maximum Gasteiger partial charge on any atom is 0.192 e. The molecule has 0 aliphatic heterocycles. The van der Waals surface area contributed by atoms with E-state index in [2.05, 4.69) is 0 Å². The van der Waals surface area contributed by atoms with Crippen molar-refractivity contribution in [2.24, 2.45) is 0 Å². The Morgan fingerprint density at radius 1 is 0.778 bits per heavy atom. The lowest BCUT2D eigenvalue weighted by Gasteiger charge is -2.13. The summed E-state index contributed by atoms with van der Waals surface area (Å²) in [4.78, 5) is 12.3. The van der Waals surface area contributed by atoms with Crippen LogP contribution in [0, 0.1) is 0 Å². The zero-order valence-corrected chi connectivity index (χ0v) is 15.3. The molecule has 3 aromatic carbocycles. The van der Waals surface area contributed by atoms with Gasteiger partial charge in [-0.25, -0.2) is 0 Å². The topological polar surface area (TPSA) is 44.8 Å². The molecule has 4 heteroatoms. The van der Waals surface area contributed by atoms with Gasteiger partial charge in [0, 0.05) is 13.2 Å². The van der Waals surface area contributed by atoms with Gasteiger partial charge in [0.1, 0.15) is 31.3 Å². The molecule has 0 N–H and O–H groups in total. The van der Waals surface area contributed by atoms with Crippen molar-refractivity contribution in [2.75, 3.05) is 13.7 Å². The number of ketones is 1. The minimum atomic E-state index is -0.129. The van der Waals surface area contributed by atoms with Crippen LogP contribution in [-0.4, -0.2) is 19.5 Å². The molecule has 0 aromatic heterocycles. The number of ether oxygens (including phenoxy) is 3. The van der Waals surface area contributed by atoms with Crippen LogP contribution in [0.2, 0.25) is 0 Å². The average molecular weight is 362 g/mol. The molecule has 0 bridgehead atoms. The summed E-state index contributed by atoms with van der Waals surface area (Å²) in [6.45, 7) is 0.826. The zero-order chi connectivity index (χ0) is 18.9. The molecule has 0 amide bonds. The number of hydrogen-bond donors (Lipinski definition) is 0. The van der Waals surface area contributed by atoms with Crippen molar-refractivity contribution >= 4 is 5.78 Å². The number of hydrogen-bond acceptors (Lipinski definition) is 4. The molecule has 0 fully saturated rings. The van der Waals surface area contributed by atoms with E-state index in [9.17, 15) is 4.79 Å². The van der Waals surface area contributed by atoms with Gasteiger partial charge in [-0.1, -0.05) is 60.7 Å². The highest BCUT2D eigenvalue weighted by atomic mass is 16.5. The SMILES string of the molecule is COCC(=O)c1ccc(OCc2ccccc2)cc1OCc1ccccc1. The highest BCUT2D eigenvalue weighted by molar-refractivity contribution is 5.99. The number of rotatable bonds is 9. The van der Waals surface area contributed by atoms with Crippen LogP contribution in [-0.2, 0) is 18.0 Å². The van der Waals surface area contributed by atoms with Gasteiger partial charge >= 0.3 is 0 Å². The highest BCUT2D eigenvalue weighted by Gasteiger charge is 2.14. The Kier molecular flexibility index (Phi) is 6.61. The van der Waals surface area contributed by atoms with Crippen molar-refractivity contribution in [3.63, 3.8) is 0 Å². The lowest BCUT2D eigenvalue weighted by molar-refractivity contribution is 0.0843. The molecule has 0 radical (unpaired) electrons. The Labute approximate surface area is 159 Å². The highest BCUT2D eigenvalue weighted by Crippen LogP contribution is 2.27. The van der Waals surface area contributed by atoms with Gasteiger partial charge in [0.25, 0.3) is 0 Å². The van der Waals surface area contributed by atoms with Crippen LogP contribution >= 0.6 is 0 Å². The summed E-state index contributed by atoms with van der Waals surface area (Å²) < 4.78 is 16.8. The number of Topliss-reactive ketones (excluding diaryl/α,β-unsaturated/α-hetero) is 1. The van der Waals surface area contributed by atoms with E-state index in [1.807, 2.05) is 60.7 Å². The van der Waals surface area contributed by atoms with E-state index in [0.717, 1.165) is 11.1 Å². The van der Waals surface area contributed by atoms with Crippen molar-refractivity contribution in [2.45, 2.75) is 13.2 Å². The number of carbonyl (C=O) groups is 1. The van der Waals surface area contributed by atoms with Gasteiger partial charge in [-0.2, -0.15) is 0 Å². The van der Waals surface area contributed by atoms with Gasteiger partial charge in [-0.3, -0.25) is 4.79 Å². The van der Waals surface area contributed by atoms with Crippen molar-refractivity contribution in [3.05, 3.63) is 95.6 Å². The average Bonchev–Trinajstić information content (AvgIpc) is 2.72. The molecule has 0 saturated carbocycles. The molecule has 138 valence electrons. The molecule has 0 aliphatic carbocycles. The van der Waals surface area contributed by atoms with Crippen LogP contribution in [0.5, 0.6) is 11.5 Å². The van der Waals surface area contributed by atoms with Crippen LogP contribution in [0.25, 0.3) is 0 Å². The van der Waals surface area contributed by atoms with Crippen LogP contribution in [0.4, 0.5) is 0 Å². The minimum Gasteiger partial charge on any atom is -0.489 e. The second-order valence-corrected chi connectivity index (χ2v) is 6.06. The fourth-order valence-corrected chi connectivity index (χ4v) is 2.63. The predicted octanol–water partition coefficient (Wildman–Crippen LogP) is 4.67. The lowest BCUT2D eigenvalue weighted by atomic mass is 10.1. The molecular weight excluding hydrogens is 340 g/mol. The van der Waals surface area contributed by atoms with E-state index in [0.29, 0.717) is 30.3 Å². The van der Waals surface area contributed by atoms with Crippen LogP contribution < -0.4 is 9.47 Å². The molecular formula is C23H22O4. The Hall–Kier alpha value is -3.11. The number of carbonyl (C=O) groups excluding carboxylic acids is 1. The molecule has 4 nitrogen and oxygen atoms in total. The van der Waals surface area contributed by atoms with Gasteiger partial charge in [0.05, 0.1) is 5.56 Å². The van der Waals surface area contributed by atoms with Gasteiger partial charge < -0.3 is 14.2 Å². The quantitative estimate of drug-likeness (QED) is 0.519. The largest absolute Gasteiger partial charge is 0.489 e. The fourth-order valence-electron chi connectivity index (χ4n) is 2.63. The Bertz CT molecular complexity index is 860. The van der Waals surface area contributed by atoms with Gasteiger partial charge in [0.15, 0.2) is 5.78 Å². The Balaban J connectivity index is 1.76. The van der Waals surface area contributed by atoms with Crippen molar-refractivity contribution in [1.82, 2.24) is 0 Å². The van der Waals surface area contributed by atoms with E-state index in [4.69, 9.17) is 14.2 Å². The maximum absolute atomic E-state index is 12.3. The molecule has 3 rings (SSSR count). The van der Waals surface area contributed by atoms with Gasteiger partial charge in [0.2, 0.25) is 0 Å². The van der Waals surface area contributed by atoms with Crippen molar-refractivity contribution < 1.29 is 19.0 Å². The first kappa shape index (κ1) is 18.7. The Morgan fingerprint density at radius 3 is 1.96 bits per heavy atom. The normalized spacial score (nSPS) is 10.4. The van der Waals surface area contributed by atoms with Crippen LogP contribution in [0.15, 0.2) is 78.9 Å². The maximum atomic E-state index is 12.3. The van der Waals surface area contributed by atoms with E-state index >= 15 is 0 Å². The third kappa shape index (κ3) is 5.43. The third-order valence-electron chi connectivity index (χ3n) is 4.01. The van der Waals surface area contributed by atoms with Crippen molar-refractivity contribution in [1.29, 1.82) is 0 Å². The summed E-state index contributed by atoms with van der Waals surface area (Å²) in [5, 5.41) is 0. The fraction of sp³-hybridized carbons (Fsp3) is 0.174. The minimum absolute atomic E-state index is 0.00587.